The largest absolute Gasteiger partial charge is 0.377 e. The number of benzene rings is 2. The van der Waals surface area contributed by atoms with Crippen molar-refractivity contribution in [3.63, 3.8) is 0 Å². The minimum Gasteiger partial charge on any atom is -0.377 e. The Kier molecular flexibility index (Phi) is 6.52. The van der Waals surface area contributed by atoms with Crippen LogP contribution in [0.4, 0.5) is 25.8 Å². The zero-order valence-electron chi connectivity index (χ0n) is 19.3. The number of fused-ring (bicyclic) bond motifs is 1. The summed E-state index contributed by atoms with van der Waals surface area (Å²) in [6, 6.07) is 11.2. The van der Waals surface area contributed by atoms with Crippen LogP contribution in [0.15, 0.2) is 61.1 Å². The molecule has 3 heterocycles. The van der Waals surface area contributed by atoms with Gasteiger partial charge in [-0.1, -0.05) is 18.2 Å². The summed E-state index contributed by atoms with van der Waals surface area (Å²) >= 11 is 0. The Bertz CT molecular complexity index is 1330. The number of ether oxygens (including phenoxy) is 1. The van der Waals surface area contributed by atoms with Crippen molar-refractivity contribution in [1.29, 1.82) is 0 Å². The molecule has 9 heteroatoms. The fourth-order valence-electron chi connectivity index (χ4n) is 4.54. The lowest BCUT2D eigenvalue weighted by Gasteiger charge is -2.38. The molecule has 0 bridgehead atoms. The number of hydrogen-bond donors (Lipinski definition) is 2. The number of nitrogens with zero attached hydrogens (tertiary/aromatic N) is 4. The van der Waals surface area contributed by atoms with Gasteiger partial charge < -0.3 is 20.7 Å². The summed E-state index contributed by atoms with van der Waals surface area (Å²) in [5, 5.41) is 4.15. The predicted octanol–water partition coefficient (Wildman–Crippen LogP) is 4.66. The van der Waals surface area contributed by atoms with Gasteiger partial charge in [0.15, 0.2) is 5.82 Å². The Morgan fingerprint density at radius 3 is 2.66 bits per heavy atom. The molecule has 1 fully saturated rings. The molecule has 0 spiro atoms. The maximum Gasteiger partial charge on any atom is 0.165 e. The zero-order valence-corrected chi connectivity index (χ0v) is 19.3. The van der Waals surface area contributed by atoms with E-state index in [1.54, 1.807) is 18.6 Å². The Labute approximate surface area is 202 Å². The molecule has 3 N–H and O–H groups in total. The van der Waals surface area contributed by atoms with E-state index in [0.29, 0.717) is 30.9 Å². The van der Waals surface area contributed by atoms with Crippen molar-refractivity contribution in [2.75, 3.05) is 29.9 Å². The molecule has 4 aromatic rings. The van der Waals surface area contributed by atoms with Gasteiger partial charge in [-0.25, -0.2) is 18.7 Å². The van der Waals surface area contributed by atoms with Crippen molar-refractivity contribution in [3.8, 4) is 11.4 Å². The number of anilines is 3. The minimum absolute atomic E-state index is 0.00941. The van der Waals surface area contributed by atoms with Crippen LogP contribution in [0.25, 0.3) is 22.3 Å². The molecule has 1 saturated heterocycles. The number of nitrogens with one attached hydrogen (secondary N) is 1. The number of rotatable bonds is 6. The van der Waals surface area contributed by atoms with Gasteiger partial charge in [0.2, 0.25) is 0 Å². The first kappa shape index (κ1) is 23.1. The first-order valence-electron chi connectivity index (χ1n) is 11.6. The van der Waals surface area contributed by atoms with Gasteiger partial charge in [-0.15, -0.1) is 0 Å². The van der Waals surface area contributed by atoms with Crippen molar-refractivity contribution < 1.29 is 13.5 Å². The Balaban J connectivity index is 1.52. The molecule has 0 saturated carbocycles. The van der Waals surface area contributed by atoms with Gasteiger partial charge in [-0.3, -0.25) is 4.98 Å². The van der Waals surface area contributed by atoms with Gasteiger partial charge in [-0.05, 0) is 37.6 Å². The smallest absolute Gasteiger partial charge is 0.165 e. The number of aromatic nitrogens is 3. The number of pyridine rings is 1. The number of para-hydroxylation sites is 1. The molecule has 2 atom stereocenters. The van der Waals surface area contributed by atoms with Crippen LogP contribution < -0.4 is 16.0 Å². The lowest BCUT2D eigenvalue weighted by molar-refractivity contribution is 0.0481. The van der Waals surface area contributed by atoms with E-state index in [4.69, 9.17) is 10.5 Å². The summed E-state index contributed by atoms with van der Waals surface area (Å²) < 4.78 is 34.6. The second-order valence-corrected chi connectivity index (χ2v) is 8.53. The molecule has 1 aliphatic heterocycles. The monoisotopic (exact) mass is 476 g/mol. The van der Waals surface area contributed by atoms with Crippen LogP contribution in [0.3, 0.4) is 0 Å². The lowest BCUT2D eigenvalue weighted by Crippen LogP contribution is -2.50. The SMILES string of the molecule is CCOC1CC(N)CN(c2ccncc2Nc2cccc3cnc(-c4c(F)cccc4F)nc23)C1. The maximum atomic E-state index is 14.4. The standard InChI is InChI=1S/C26H26F2N6O/c1-2-35-18-11-17(29)14-34(15-18)23-9-10-30-13-22(23)32-21-8-3-5-16-12-31-26(33-25(16)21)24-19(27)6-4-7-20(24)28/h3-10,12-13,17-18,32H,2,11,14-15,29H2,1H3. The topological polar surface area (TPSA) is 89.2 Å². The van der Waals surface area contributed by atoms with Gasteiger partial charge >= 0.3 is 0 Å². The Morgan fingerprint density at radius 2 is 1.86 bits per heavy atom. The predicted molar refractivity (Wildman–Crippen MR) is 133 cm³/mol. The van der Waals surface area contributed by atoms with Crippen molar-refractivity contribution in [1.82, 2.24) is 15.0 Å². The fourth-order valence-corrected chi connectivity index (χ4v) is 4.54. The first-order chi connectivity index (χ1) is 17.0. The van der Waals surface area contributed by atoms with E-state index in [1.165, 1.54) is 18.2 Å². The van der Waals surface area contributed by atoms with E-state index in [-0.39, 0.29) is 23.5 Å². The van der Waals surface area contributed by atoms with Crippen LogP contribution in [0, 0.1) is 11.6 Å². The van der Waals surface area contributed by atoms with E-state index in [1.807, 2.05) is 31.2 Å². The summed E-state index contributed by atoms with van der Waals surface area (Å²) in [6.45, 7) is 4.02. The highest BCUT2D eigenvalue weighted by Gasteiger charge is 2.27. The molecule has 35 heavy (non-hydrogen) atoms. The van der Waals surface area contributed by atoms with E-state index in [0.717, 1.165) is 23.2 Å². The van der Waals surface area contributed by atoms with E-state index < -0.39 is 11.6 Å². The highest BCUT2D eigenvalue weighted by atomic mass is 19.1. The third kappa shape index (κ3) is 4.78. The van der Waals surface area contributed by atoms with Gasteiger partial charge in [0, 0.05) is 43.5 Å². The quantitative estimate of drug-likeness (QED) is 0.419. The summed E-state index contributed by atoms with van der Waals surface area (Å²) in [4.78, 5) is 15.2. The second kappa shape index (κ2) is 9.89. The summed E-state index contributed by atoms with van der Waals surface area (Å²) in [6.07, 6.45) is 5.90. The van der Waals surface area contributed by atoms with E-state index >= 15 is 0 Å². The Hall–Kier alpha value is -3.69. The summed E-state index contributed by atoms with van der Waals surface area (Å²) in [5.74, 6) is -1.44. The number of nitrogens with two attached hydrogens (primary N) is 1. The lowest BCUT2D eigenvalue weighted by atomic mass is 10.0. The second-order valence-electron chi connectivity index (χ2n) is 8.53. The first-order valence-corrected chi connectivity index (χ1v) is 11.6. The van der Waals surface area contributed by atoms with Crippen LogP contribution in [0.1, 0.15) is 13.3 Å². The van der Waals surface area contributed by atoms with E-state index in [2.05, 4.69) is 25.2 Å². The van der Waals surface area contributed by atoms with Crippen molar-refractivity contribution in [2.45, 2.75) is 25.5 Å². The molecule has 0 aliphatic carbocycles. The zero-order chi connectivity index (χ0) is 24.4. The van der Waals surface area contributed by atoms with Gasteiger partial charge in [0.25, 0.3) is 0 Å². The fraction of sp³-hybridized carbons (Fsp3) is 0.269. The summed E-state index contributed by atoms with van der Waals surface area (Å²) in [5.41, 5.74) is 8.97. The third-order valence-electron chi connectivity index (χ3n) is 6.05. The van der Waals surface area contributed by atoms with Crippen LogP contribution in [-0.2, 0) is 4.74 Å². The van der Waals surface area contributed by atoms with Crippen molar-refractivity contribution in [3.05, 3.63) is 72.7 Å². The molecule has 0 amide bonds. The Morgan fingerprint density at radius 1 is 1.06 bits per heavy atom. The molecule has 2 aromatic carbocycles. The van der Waals surface area contributed by atoms with Crippen LogP contribution >= 0.6 is 0 Å². The van der Waals surface area contributed by atoms with Crippen molar-refractivity contribution in [2.24, 2.45) is 5.73 Å². The third-order valence-corrected chi connectivity index (χ3v) is 6.05. The summed E-state index contributed by atoms with van der Waals surface area (Å²) in [7, 11) is 0. The molecule has 1 aliphatic rings. The van der Waals surface area contributed by atoms with E-state index in [9.17, 15) is 8.78 Å². The molecule has 2 aromatic heterocycles. The number of piperidine rings is 1. The van der Waals surface area contributed by atoms with Crippen LogP contribution in [0.2, 0.25) is 0 Å². The molecular weight excluding hydrogens is 450 g/mol. The number of halogens is 2. The molecular formula is C26H26F2N6O. The molecule has 7 nitrogen and oxygen atoms in total. The molecule has 0 radical (unpaired) electrons. The highest BCUT2D eigenvalue weighted by Crippen LogP contribution is 2.33. The van der Waals surface area contributed by atoms with Gasteiger partial charge in [0.05, 0.1) is 40.4 Å². The van der Waals surface area contributed by atoms with Gasteiger partial charge in [0.1, 0.15) is 11.6 Å². The highest BCUT2D eigenvalue weighted by molar-refractivity contribution is 5.93. The van der Waals surface area contributed by atoms with Crippen LogP contribution in [0.5, 0.6) is 0 Å². The molecule has 180 valence electrons. The molecule has 5 rings (SSSR count). The van der Waals surface area contributed by atoms with Gasteiger partial charge in [-0.2, -0.15) is 0 Å². The van der Waals surface area contributed by atoms with Crippen LogP contribution in [-0.4, -0.2) is 46.8 Å². The maximum absolute atomic E-state index is 14.4. The average molecular weight is 477 g/mol. The van der Waals surface area contributed by atoms with Crippen molar-refractivity contribution >= 4 is 28.0 Å². The average Bonchev–Trinajstić information content (AvgIpc) is 2.84. The minimum atomic E-state index is -0.713. The molecule has 2 unspecified atom stereocenters. The number of hydrogen-bond acceptors (Lipinski definition) is 7. The normalized spacial score (nSPS) is 18.1.